The summed E-state index contributed by atoms with van der Waals surface area (Å²) in [5.74, 6) is -0.549. The minimum Gasteiger partial charge on any atom is -0.339 e. The molecule has 0 atom stereocenters. The van der Waals surface area contributed by atoms with Crippen molar-refractivity contribution in [3.05, 3.63) is 70.8 Å². The smallest absolute Gasteiger partial charge is 0.339 e. The van der Waals surface area contributed by atoms with Crippen LogP contribution < -0.4 is 5.32 Å². The maximum Gasteiger partial charge on any atom is 0.416 e. The van der Waals surface area contributed by atoms with Gasteiger partial charge in [0.05, 0.1) is 5.56 Å². The molecule has 3 rings (SSSR count). The topological polar surface area (TPSA) is 49.4 Å². The van der Waals surface area contributed by atoms with Gasteiger partial charge in [-0.25, -0.2) is 0 Å². The molecule has 4 nitrogen and oxygen atoms in total. The van der Waals surface area contributed by atoms with Crippen LogP contribution in [-0.2, 0) is 11.0 Å². The Kier molecular flexibility index (Phi) is 6.06. The highest BCUT2D eigenvalue weighted by Crippen LogP contribution is 2.29. The molecule has 0 spiro atoms. The monoisotopic (exact) mass is 402 g/mol. The van der Waals surface area contributed by atoms with Crippen LogP contribution in [0.2, 0.25) is 0 Å². The van der Waals surface area contributed by atoms with Gasteiger partial charge in [-0.2, -0.15) is 13.2 Å². The lowest BCUT2D eigenvalue weighted by Crippen LogP contribution is -2.28. The maximum atomic E-state index is 12.8. The molecule has 2 aromatic rings. The Morgan fingerprint density at radius 3 is 2.45 bits per heavy atom. The summed E-state index contributed by atoms with van der Waals surface area (Å²) in [7, 11) is 0. The first-order valence-electron chi connectivity index (χ1n) is 9.31. The van der Waals surface area contributed by atoms with Crippen molar-refractivity contribution in [1.29, 1.82) is 0 Å². The molecule has 1 aliphatic heterocycles. The maximum absolute atomic E-state index is 12.8. The number of nitrogens with one attached hydrogen (secondary N) is 1. The molecule has 7 heteroatoms. The zero-order chi connectivity index (χ0) is 21.0. The number of rotatable bonds is 4. The van der Waals surface area contributed by atoms with Crippen molar-refractivity contribution in [3.63, 3.8) is 0 Å². The van der Waals surface area contributed by atoms with E-state index >= 15 is 0 Å². The predicted octanol–water partition coefficient (Wildman–Crippen LogP) is 4.90. The molecule has 0 aromatic heterocycles. The summed E-state index contributed by atoms with van der Waals surface area (Å²) in [6, 6.07) is 9.84. The van der Waals surface area contributed by atoms with Gasteiger partial charge >= 0.3 is 6.18 Å². The second-order valence-corrected chi connectivity index (χ2v) is 6.92. The number of halogens is 3. The molecule has 1 saturated heterocycles. The minimum atomic E-state index is -4.44. The van der Waals surface area contributed by atoms with Crippen molar-refractivity contribution in [3.8, 4) is 0 Å². The second-order valence-electron chi connectivity index (χ2n) is 6.92. The number of alkyl halides is 3. The van der Waals surface area contributed by atoms with Crippen LogP contribution in [0.5, 0.6) is 0 Å². The SMILES string of the molecule is Cc1c(NC(=O)/C=C/c2cccc(C(F)(F)F)c2)cccc1C(=O)N1CCCC1. The van der Waals surface area contributed by atoms with Gasteiger partial charge in [0.1, 0.15) is 0 Å². The van der Waals surface area contributed by atoms with Crippen LogP contribution in [0.25, 0.3) is 6.08 Å². The second kappa shape index (κ2) is 8.51. The zero-order valence-corrected chi connectivity index (χ0v) is 15.9. The Labute approximate surface area is 167 Å². The Balaban J connectivity index is 1.72. The van der Waals surface area contributed by atoms with Gasteiger partial charge in [-0.05, 0) is 61.2 Å². The van der Waals surface area contributed by atoms with Crippen LogP contribution in [0.15, 0.2) is 48.5 Å². The molecule has 1 fully saturated rings. The number of anilines is 1. The molecule has 1 N–H and O–H groups in total. The summed E-state index contributed by atoms with van der Waals surface area (Å²) in [5.41, 5.74) is 1.18. The van der Waals surface area contributed by atoms with Gasteiger partial charge in [-0.3, -0.25) is 9.59 Å². The van der Waals surface area contributed by atoms with Gasteiger partial charge < -0.3 is 10.2 Å². The largest absolute Gasteiger partial charge is 0.416 e. The molecular weight excluding hydrogens is 381 g/mol. The minimum absolute atomic E-state index is 0.0596. The lowest BCUT2D eigenvalue weighted by molar-refractivity contribution is -0.137. The van der Waals surface area contributed by atoms with E-state index in [0.29, 0.717) is 16.8 Å². The highest BCUT2D eigenvalue weighted by Gasteiger charge is 2.30. The zero-order valence-electron chi connectivity index (χ0n) is 15.9. The van der Waals surface area contributed by atoms with Crippen LogP contribution in [0.4, 0.5) is 18.9 Å². The van der Waals surface area contributed by atoms with E-state index < -0.39 is 17.6 Å². The van der Waals surface area contributed by atoms with Gasteiger partial charge in [-0.15, -0.1) is 0 Å². The van der Waals surface area contributed by atoms with Crippen molar-refractivity contribution >= 4 is 23.6 Å². The van der Waals surface area contributed by atoms with Gasteiger partial charge in [-0.1, -0.05) is 18.2 Å². The summed E-state index contributed by atoms with van der Waals surface area (Å²) < 4.78 is 38.3. The fraction of sp³-hybridized carbons (Fsp3) is 0.273. The average molecular weight is 402 g/mol. The van der Waals surface area contributed by atoms with Crippen molar-refractivity contribution in [1.82, 2.24) is 4.90 Å². The van der Waals surface area contributed by atoms with Crippen LogP contribution in [0.3, 0.4) is 0 Å². The Morgan fingerprint density at radius 1 is 1.07 bits per heavy atom. The molecule has 1 aliphatic rings. The van der Waals surface area contributed by atoms with E-state index in [2.05, 4.69) is 5.32 Å². The molecule has 0 bridgehead atoms. The molecule has 2 aromatic carbocycles. The third-order valence-corrected chi connectivity index (χ3v) is 4.86. The summed E-state index contributed by atoms with van der Waals surface area (Å²) in [6.07, 6.45) is 0.0255. The van der Waals surface area contributed by atoms with E-state index in [-0.39, 0.29) is 11.5 Å². The van der Waals surface area contributed by atoms with Gasteiger partial charge in [0.25, 0.3) is 5.91 Å². The Hall–Kier alpha value is -3.09. The Morgan fingerprint density at radius 2 is 1.76 bits per heavy atom. The van der Waals surface area contributed by atoms with Gasteiger partial charge in [0.15, 0.2) is 0 Å². The number of benzene rings is 2. The number of nitrogens with zero attached hydrogens (tertiary/aromatic N) is 1. The molecule has 29 heavy (non-hydrogen) atoms. The fourth-order valence-corrected chi connectivity index (χ4v) is 3.26. The van der Waals surface area contributed by atoms with Crippen LogP contribution in [0.1, 0.15) is 39.9 Å². The number of carbonyl (C=O) groups is 2. The normalized spacial score (nSPS) is 14.4. The van der Waals surface area contributed by atoms with Crippen LogP contribution in [-0.4, -0.2) is 29.8 Å². The third-order valence-electron chi connectivity index (χ3n) is 4.86. The number of hydrogen-bond acceptors (Lipinski definition) is 2. The molecule has 0 unspecified atom stereocenters. The van der Waals surface area contributed by atoms with E-state index in [4.69, 9.17) is 0 Å². The van der Waals surface area contributed by atoms with Crippen LogP contribution >= 0.6 is 0 Å². The highest BCUT2D eigenvalue weighted by atomic mass is 19.4. The summed E-state index contributed by atoms with van der Waals surface area (Å²) in [4.78, 5) is 26.7. The number of likely N-dealkylation sites (tertiary alicyclic amines) is 1. The van der Waals surface area contributed by atoms with E-state index in [1.807, 2.05) is 0 Å². The molecule has 0 saturated carbocycles. The highest BCUT2D eigenvalue weighted by molar-refractivity contribution is 6.04. The number of amides is 2. The van der Waals surface area contributed by atoms with Crippen molar-refractivity contribution in [2.75, 3.05) is 18.4 Å². The lowest BCUT2D eigenvalue weighted by atomic mass is 10.1. The predicted molar refractivity (Wildman–Crippen MR) is 105 cm³/mol. The van der Waals surface area contributed by atoms with E-state index in [9.17, 15) is 22.8 Å². The summed E-state index contributed by atoms with van der Waals surface area (Å²) in [6.45, 7) is 3.22. The van der Waals surface area contributed by atoms with E-state index in [1.54, 1.807) is 30.0 Å². The van der Waals surface area contributed by atoms with E-state index in [0.717, 1.165) is 38.1 Å². The lowest BCUT2D eigenvalue weighted by Gasteiger charge is -2.18. The first-order valence-corrected chi connectivity index (χ1v) is 9.31. The van der Waals surface area contributed by atoms with Crippen molar-refractivity contribution in [2.24, 2.45) is 0 Å². The van der Waals surface area contributed by atoms with Crippen molar-refractivity contribution < 1.29 is 22.8 Å². The number of hydrogen-bond donors (Lipinski definition) is 1. The Bertz CT molecular complexity index is 945. The van der Waals surface area contributed by atoms with Crippen LogP contribution in [0, 0.1) is 6.92 Å². The first-order chi connectivity index (χ1) is 13.8. The molecule has 152 valence electrons. The quantitative estimate of drug-likeness (QED) is 0.740. The third kappa shape index (κ3) is 5.04. The van der Waals surface area contributed by atoms with Gasteiger partial charge in [0, 0.05) is 30.4 Å². The molecule has 0 radical (unpaired) electrons. The molecule has 0 aliphatic carbocycles. The summed E-state index contributed by atoms with van der Waals surface area (Å²) in [5, 5.41) is 2.69. The van der Waals surface area contributed by atoms with Gasteiger partial charge in [0.2, 0.25) is 5.91 Å². The molecule has 2 amide bonds. The summed E-state index contributed by atoms with van der Waals surface area (Å²) >= 11 is 0. The molecule has 1 heterocycles. The van der Waals surface area contributed by atoms with E-state index in [1.165, 1.54) is 24.3 Å². The number of carbonyl (C=O) groups excluding carboxylic acids is 2. The average Bonchev–Trinajstić information content (AvgIpc) is 3.22. The fourth-order valence-electron chi connectivity index (χ4n) is 3.26. The van der Waals surface area contributed by atoms with Crippen molar-refractivity contribution in [2.45, 2.75) is 25.9 Å². The first kappa shape index (κ1) is 20.6. The molecular formula is C22H21F3N2O2. The standard InChI is InChI=1S/C22H21F3N2O2/c1-15-18(21(29)27-12-2-3-13-27)8-5-9-19(15)26-20(28)11-10-16-6-4-7-17(14-16)22(23,24)25/h4-11,14H,2-3,12-13H2,1H3,(H,26,28)/b11-10+.